The minimum atomic E-state index is 0.0443. The van der Waals surface area contributed by atoms with Crippen LogP contribution in [0.15, 0.2) is 18.2 Å². The lowest BCUT2D eigenvalue weighted by atomic mass is 10.0. The molecule has 1 aromatic carbocycles. The SMILES string of the molecule is [CH2]C(CCl)c1cc(Cl)cc(Cl)c1. The van der Waals surface area contributed by atoms with E-state index in [-0.39, 0.29) is 5.92 Å². The first-order chi connectivity index (χ1) is 5.63. The molecule has 0 fully saturated rings. The van der Waals surface area contributed by atoms with Gasteiger partial charge in [-0.3, -0.25) is 0 Å². The zero-order valence-corrected chi connectivity index (χ0v) is 8.63. The van der Waals surface area contributed by atoms with Gasteiger partial charge in [0.1, 0.15) is 0 Å². The van der Waals surface area contributed by atoms with E-state index in [1.54, 1.807) is 6.07 Å². The van der Waals surface area contributed by atoms with Crippen molar-refractivity contribution in [2.45, 2.75) is 5.92 Å². The normalized spacial score (nSPS) is 13.0. The molecule has 12 heavy (non-hydrogen) atoms. The summed E-state index contributed by atoms with van der Waals surface area (Å²) < 4.78 is 0. The third-order valence-corrected chi connectivity index (χ3v) is 2.35. The molecule has 1 aromatic rings. The van der Waals surface area contributed by atoms with Gasteiger partial charge in [-0.1, -0.05) is 23.2 Å². The molecule has 1 rings (SSSR count). The van der Waals surface area contributed by atoms with Gasteiger partial charge in [0, 0.05) is 15.9 Å². The van der Waals surface area contributed by atoms with Gasteiger partial charge in [-0.2, -0.15) is 0 Å². The molecule has 0 aliphatic rings. The topological polar surface area (TPSA) is 0 Å². The summed E-state index contributed by atoms with van der Waals surface area (Å²) in [5.74, 6) is 0.513. The van der Waals surface area contributed by atoms with E-state index in [0.29, 0.717) is 15.9 Å². The molecule has 0 saturated carbocycles. The van der Waals surface area contributed by atoms with Crippen LogP contribution in [0.3, 0.4) is 0 Å². The van der Waals surface area contributed by atoms with Gasteiger partial charge in [0.2, 0.25) is 0 Å². The summed E-state index contributed by atoms with van der Waals surface area (Å²) in [6.07, 6.45) is 0. The number of benzene rings is 1. The van der Waals surface area contributed by atoms with E-state index in [1.165, 1.54) is 0 Å². The van der Waals surface area contributed by atoms with Crippen molar-refractivity contribution in [1.29, 1.82) is 0 Å². The Balaban J connectivity index is 3.00. The van der Waals surface area contributed by atoms with Crippen LogP contribution in [0.25, 0.3) is 0 Å². The Bertz CT molecular complexity index is 250. The molecule has 0 bridgehead atoms. The van der Waals surface area contributed by atoms with Crippen LogP contribution in [0.2, 0.25) is 10.0 Å². The molecule has 1 radical (unpaired) electrons. The number of hydrogen-bond donors (Lipinski definition) is 0. The number of halogens is 3. The first-order valence-corrected chi connectivity index (χ1v) is 4.77. The average molecular weight is 223 g/mol. The maximum Gasteiger partial charge on any atom is 0.0423 e. The number of alkyl halides is 1. The van der Waals surface area contributed by atoms with Gasteiger partial charge >= 0.3 is 0 Å². The fourth-order valence-corrected chi connectivity index (χ4v) is 1.62. The third-order valence-electron chi connectivity index (χ3n) is 1.54. The largest absolute Gasteiger partial charge is 0.126 e. The lowest BCUT2D eigenvalue weighted by molar-refractivity contribution is 0.974. The molecule has 1 unspecified atom stereocenters. The number of rotatable bonds is 2. The highest BCUT2D eigenvalue weighted by Gasteiger charge is 2.05. The molecule has 0 aliphatic heterocycles. The maximum atomic E-state index is 5.80. The predicted octanol–water partition coefficient (Wildman–Crippen LogP) is 4.15. The van der Waals surface area contributed by atoms with E-state index < -0.39 is 0 Å². The molecule has 0 aromatic heterocycles. The first-order valence-electron chi connectivity index (χ1n) is 3.48. The van der Waals surface area contributed by atoms with Crippen molar-refractivity contribution in [2.75, 3.05) is 5.88 Å². The van der Waals surface area contributed by atoms with Crippen molar-refractivity contribution in [2.24, 2.45) is 0 Å². The monoisotopic (exact) mass is 221 g/mol. The molecule has 0 aliphatic carbocycles. The molecule has 1 atom stereocenters. The Labute approximate surface area is 87.4 Å². The van der Waals surface area contributed by atoms with Gasteiger partial charge in [-0.25, -0.2) is 0 Å². The zero-order valence-electron chi connectivity index (χ0n) is 6.36. The Morgan fingerprint density at radius 1 is 1.17 bits per heavy atom. The Morgan fingerprint density at radius 3 is 2.08 bits per heavy atom. The van der Waals surface area contributed by atoms with Gasteiger partial charge in [0.05, 0.1) is 0 Å². The molecule has 0 saturated heterocycles. The fraction of sp³-hybridized carbons (Fsp3) is 0.222. The van der Waals surface area contributed by atoms with Crippen molar-refractivity contribution < 1.29 is 0 Å². The average Bonchev–Trinajstić information content (AvgIpc) is 2.01. The minimum Gasteiger partial charge on any atom is -0.126 e. The lowest BCUT2D eigenvalue weighted by Crippen LogP contribution is -1.94. The van der Waals surface area contributed by atoms with Crippen LogP contribution in [-0.2, 0) is 0 Å². The van der Waals surface area contributed by atoms with E-state index in [4.69, 9.17) is 34.8 Å². The summed E-state index contributed by atoms with van der Waals surface area (Å²) in [7, 11) is 0. The summed E-state index contributed by atoms with van der Waals surface area (Å²) in [5, 5.41) is 1.24. The molecule has 0 N–H and O–H groups in total. The molecular formula is C9H8Cl3. The molecule has 65 valence electrons. The predicted molar refractivity (Wildman–Crippen MR) is 55.3 cm³/mol. The highest BCUT2D eigenvalue weighted by Crippen LogP contribution is 2.24. The van der Waals surface area contributed by atoms with Crippen molar-refractivity contribution in [1.82, 2.24) is 0 Å². The van der Waals surface area contributed by atoms with Crippen LogP contribution in [0.1, 0.15) is 11.5 Å². The molecule has 0 spiro atoms. The summed E-state index contributed by atoms with van der Waals surface area (Å²) >= 11 is 17.2. The Kier molecular flexibility index (Phi) is 3.70. The van der Waals surface area contributed by atoms with E-state index in [9.17, 15) is 0 Å². The first kappa shape index (κ1) is 10.2. The second-order valence-electron chi connectivity index (χ2n) is 2.55. The molecule has 3 heteroatoms. The second kappa shape index (κ2) is 4.36. The summed E-state index contributed by atoms with van der Waals surface area (Å²) in [5.41, 5.74) is 0.975. The van der Waals surface area contributed by atoms with E-state index in [0.717, 1.165) is 5.56 Å². The van der Waals surface area contributed by atoms with Crippen LogP contribution < -0.4 is 0 Å². The summed E-state index contributed by atoms with van der Waals surface area (Å²) in [6.45, 7) is 3.86. The third kappa shape index (κ3) is 2.55. The molecule has 0 heterocycles. The highest BCUT2D eigenvalue weighted by molar-refractivity contribution is 6.34. The molecule has 0 nitrogen and oxygen atoms in total. The van der Waals surface area contributed by atoms with E-state index in [1.807, 2.05) is 12.1 Å². The smallest absolute Gasteiger partial charge is 0.0423 e. The highest BCUT2D eigenvalue weighted by atomic mass is 35.5. The minimum absolute atomic E-state index is 0.0443. The standard InChI is InChI=1S/C9H8Cl3/c1-6(5-10)7-2-8(11)4-9(12)3-7/h2-4,6H,1,5H2. The van der Waals surface area contributed by atoms with Crippen LogP contribution in [0.5, 0.6) is 0 Å². The van der Waals surface area contributed by atoms with Crippen molar-refractivity contribution >= 4 is 34.8 Å². The van der Waals surface area contributed by atoms with Crippen molar-refractivity contribution in [3.63, 3.8) is 0 Å². The molecule has 0 amide bonds. The molecular weight excluding hydrogens is 214 g/mol. The van der Waals surface area contributed by atoms with Gasteiger partial charge in [-0.05, 0) is 36.6 Å². The van der Waals surface area contributed by atoms with Gasteiger partial charge in [-0.15, -0.1) is 11.6 Å². The fourth-order valence-electron chi connectivity index (χ4n) is 0.900. The van der Waals surface area contributed by atoms with Crippen molar-refractivity contribution in [3.05, 3.63) is 40.7 Å². The maximum absolute atomic E-state index is 5.80. The number of hydrogen-bond acceptors (Lipinski definition) is 0. The van der Waals surface area contributed by atoms with Gasteiger partial charge in [0.25, 0.3) is 0 Å². The van der Waals surface area contributed by atoms with E-state index in [2.05, 4.69) is 6.92 Å². The van der Waals surface area contributed by atoms with Crippen LogP contribution in [0, 0.1) is 6.92 Å². The Morgan fingerprint density at radius 2 is 1.67 bits per heavy atom. The quantitative estimate of drug-likeness (QED) is 0.660. The van der Waals surface area contributed by atoms with Gasteiger partial charge < -0.3 is 0 Å². The summed E-state index contributed by atoms with van der Waals surface area (Å²) in [6, 6.07) is 5.34. The zero-order chi connectivity index (χ0) is 9.14. The van der Waals surface area contributed by atoms with Crippen molar-refractivity contribution in [3.8, 4) is 0 Å². The van der Waals surface area contributed by atoms with Crippen LogP contribution >= 0.6 is 34.8 Å². The van der Waals surface area contributed by atoms with E-state index >= 15 is 0 Å². The Hall–Kier alpha value is 0.0900. The van der Waals surface area contributed by atoms with Gasteiger partial charge in [0.15, 0.2) is 0 Å². The lowest BCUT2D eigenvalue weighted by Gasteiger charge is -2.08. The summed E-state index contributed by atoms with van der Waals surface area (Å²) in [4.78, 5) is 0. The second-order valence-corrected chi connectivity index (χ2v) is 3.74. The van der Waals surface area contributed by atoms with Crippen LogP contribution in [-0.4, -0.2) is 5.88 Å². The van der Waals surface area contributed by atoms with Crippen LogP contribution in [0.4, 0.5) is 0 Å².